The van der Waals surface area contributed by atoms with Crippen LogP contribution < -0.4 is 4.74 Å². The third-order valence-corrected chi connectivity index (χ3v) is 7.62. The lowest BCUT2D eigenvalue weighted by molar-refractivity contribution is -0.143. The Labute approximate surface area is 208 Å². The van der Waals surface area contributed by atoms with Crippen molar-refractivity contribution in [3.05, 3.63) is 65.2 Å². The summed E-state index contributed by atoms with van der Waals surface area (Å²) < 4.78 is 6.02. The molecule has 3 heterocycles. The highest BCUT2D eigenvalue weighted by Gasteiger charge is 2.36. The van der Waals surface area contributed by atoms with Crippen LogP contribution in [0.5, 0.6) is 5.75 Å². The molecule has 7 heteroatoms. The number of likely N-dealkylation sites (N-methyl/N-ethyl adjacent to an activating group) is 1. The molecule has 0 unspecified atom stereocenters. The number of benzene rings is 2. The van der Waals surface area contributed by atoms with E-state index in [0.717, 1.165) is 50.3 Å². The molecule has 5 rings (SSSR count). The average molecular weight is 477 g/mol. The fourth-order valence-electron chi connectivity index (χ4n) is 5.72. The molecule has 2 fully saturated rings. The van der Waals surface area contributed by atoms with E-state index in [0.29, 0.717) is 32.3 Å². The third-order valence-electron chi connectivity index (χ3n) is 7.62. The number of carbonyl (C=O) groups is 2. The zero-order chi connectivity index (χ0) is 24.4. The van der Waals surface area contributed by atoms with Crippen LogP contribution in [0.25, 0.3) is 0 Å². The van der Waals surface area contributed by atoms with Gasteiger partial charge in [-0.1, -0.05) is 36.4 Å². The minimum Gasteiger partial charge on any atom is -0.491 e. The highest BCUT2D eigenvalue weighted by molar-refractivity contribution is 5.87. The highest BCUT2D eigenvalue weighted by Crippen LogP contribution is 2.30. The number of hydrogen-bond donors (Lipinski definition) is 0. The summed E-state index contributed by atoms with van der Waals surface area (Å²) in [5, 5.41) is 0. The molecular weight excluding hydrogens is 440 g/mol. The number of likely N-dealkylation sites (tertiary alicyclic amines) is 1. The van der Waals surface area contributed by atoms with Crippen LogP contribution >= 0.6 is 0 Å². The van der Waals surface area contributed by atoms with E-state index in [1.165, 1.54) is 11.1 Å². The van der Waals surface area contributed by atoms with E-state index < -0.39 is 0 Å². The number of ether oxygens (including phenoxy) is 1. The summed E-state index contributed by atoms with van der Waals surface area (Å²) in [7, 11) is 2.19. The number of carbonyl (C=O) groups excluding carboxylic acids is 2. The molecule has 2 saturated heterocycles. The molecular formula is C28H36N4O3. The molecule has 35 heavy (non-hydrogen) atoms. The van der Waals surface area contributed by atoms with E-state index in [2.05, 4.69) is 65.4 Å². The standard InChI is InChI=1S/C28H36N4O3/c1-21(33)32-12-6-9-25(32)28(34)31-15-16-35-27-11-10-22(17-24(27)19-31)18-30-14-13-29(2)20-26(30)23-7-4-3-5-8-23/h3-5,7-8,10-11,17,25-26H,6,9,12-16,18-20H2,1-2H3/t25-,26+/m0/s1. The number of nitrogens with zero attached hydrogens (tertiary/aromatic N) is 4. The Morgan fingerprint density at radius 1 is 1.03 bits per heavy atom. The Balaban J connectivity index is 1.33. The molecule has 7 nitrogen and oxygen atoms in total. The summed E-state index contributed by atoms with van der Waals surface area (Å²) in [6.07, 6.45) is 1.63. The smallest absolute Gasteiger partial charge is 0.245 e. The summed E-state index contributed by atoms with van der Waals surface area (Å²) in [6, 6.07) is 17.2. The molecule has 3 aliphatic rings. The monoisotopic (exact) mass is 476 g/mol. The van der Waals surface area contributed by atoms with Crippen molar-refractivity contribution in [2.45, 2.75) is 44.9 Å². The van der Waals surface area contributed by atoms with Crippen LogP contribution in [-0.4, -0.2) is 83.8 Å². The van der Waals surface area contributed by atoms with Crippen molar-refractivity contribution >= 4 is 11.8 Å². The molecule has 0 bridgehead atoms. The van der Waals surface area contributed by atoms with Crippen molar-refractivity contribution in [2.75, 3.05) is 46.4 Å². The Kier molecular flexibility index (Phi) is 7.07. The van der Waals surface area contributed by atoms with Crippen LogP contribution in [0.1, 0.15) is 42.5 Å². The van der Waals surface area contributed by atoms with E-state index in [1.54, 1.807) is 11.8 Å². The third kappa shape index (κ3) is 5.21. The van der Waals surface area contributed by atoms with Gasteiger partial charge in [0.05, 0.1) is 6.54 Å². The van der Waals surface area contributed by atoms with Gasteiger partial charge in [0.15, 0.2) is 0 Å². The van der Waals surface area contributed by atoms with Gasteiger partial charge in [-0.05, 0) is 43.1 Å². The van der Waals surface area contributed by atoms with Gasteiger partial charge in [0.2, 0.25) is 11.8 Å². The van der Waals surface area contributed by atoms with Gasteiger partial charge in [-0.15, -0.1) is 0 Å². The average Bonchev–Trinajstić information content (AvgIpc) is 3.27. The highest BCUT2D eigenvalue weighted by atomic mass is 16.5. The molecule has 0 saturated carbocycles. The first-order chi connectivity index (χ1) is 17.0. The topological polar surface area (TPSA) is 56.3 Å². The summed E-state index contributed by atoms with van der Waals surface area (Å²) in [5.74, 6) is 0.884. The predicted molar refractivity (Wildman–Crippen MR) is 135 cm³/mol. The van der Waals surface area contributed by atoms with E-state index >= 15 is 0 Å². The van der Waals surface area contributed by atoms with Gasteiger partial charge < -0.3 is 19.4 Å². The largest absolute Gasteiger partial charge is 0.491 e. The van der Waals surface area contributed by atoms with E-state index in [9.17, 15) is 9.59 Å². The zero-order valence-corrected chi connectivity index (χ0v) is 20.9. The number of rotatable bonds is 4. The first-order valence-corrected chi connectivity index (χ1v) is 12.8. The molecule has 2 atom stereocenters. The lowest BCUT2D eigenvalue weighted by atomic mass is 10.0. The van der Waals surface area contributed by atoms with Crippen LogP contribution in [-0.2, 0) is 22.7 Å². The summed E-state index contributed by atoms with van der Waals surface area (Å²) in [5.41, 5.74) is 3.63. The lowest BCUT2D eigenvalue weighted by Crippen LogP contribution is -2.47. The maximum atomic E-state index is 13.4. The molecule has 2 amide bonds. The summed E-state index contributed by atoms with van der Waals surface area (Å²) in [4.78, 5) is 33.9. The minimum atomic E-state index is -0.339. The number of hydrogen-bond acceptors (Lipinski definition) is 5. The number of piperazine rings is 1. The first kappa shape index (κ1) is 23.8. The van der Waals surface area contributed by atoms with Gasteiger partial charge in [-0.25, -0.2) is 0 Å². The fraction of sp³-hybridized carbons (Fsp3) is 0.500. The van der Waals surface area contributed by atoms with Crippen molar-refractivity contribution in [3.8, 4) is 5.75 Å². The zero-order valence-electron chi connectivity index (χ0n) is 20.9. The van der Waals surface area contributed by atoms with Crippen LogP contribution in [0.3, 0.4) is 0 Å². The van der Waals surface area contributed by atoms with Gasteiger partial charge >= 0.3 is 0 Å². The summed E-state index contributed by atoms with van der Waals surface area (Å²) in [6.45, 7) is 7.69. The SMILES string of the molecule is CC(=O)N1CCC[C@H]1C(=O)N1CCOc2ccc(CN3CCN(C)C[C@@H]3c3ccccc3)cc2C1. The first-order valence-electron chi connectivity index (χ1n) is 12.8. The van der Waals surface area contributed by atoms with Gasteiger partial charge in [0.1, 0.15) is 18.4 Å². The molecule has 0 N–H and O–H groups in total. The van der Waals surface area contributed by atoms with Crippen LogP contribution in [0.15, 0.2) is 48.5 Å². The van der Waals surface area contributed by atoms with Gasteiger partial charge in [0, 0.05) is 57.8 Å². The Morgan fingerprint density at radius 3 is 2.66 bits per heavy atom. The maximum absolute atomic E-state index is 13.4. The maximum Gasteiger partial charge on any atom is 0.245 e. The second-order valence-electron chi connectivity index (χ2n) is 10.1. The molecule has 0 aliphatic carbocycles. The predicted octanol–water partition coefficient (Wildman–Crippen LogP) is 2.91. The van der Waals surface area contributed by atoms with Crippen LogP contribution in [0.2, 0.25) is 0 Å². The molecule has 3 aliphatic heterocycles. The number of fused-ring (bicyclic) bond motifs is 1. The van der Waals surface area contributed by atoms with E-state index in [1.807, 2.05) is 4.90 Å². The second kappa shape index (κ2) is 10.4. The van der Waals surface area contributed by atoms with E-state index in [-0.39, 0.29) is 17.9 Å². The Hall–Kier alpha value is -2.90. The number of amides is 2. The van der Waals surface area contributed by atoms with Crippen molar-refractivity contribution in [1.29, 1.82) is 0 Å². The molecule has 2 aromatic rings. The lowest BCUT2D eigenvalue weighted by Gasteiger charge is -2.40. The molecule has 2 aromatic carbocycles. The van der Waals surface area contributed by atoms with Crippen molar-refractivity contribution in [3.63, 3.8) is 0 Å². The Morgan fingerprint density at radius 2 is 1.86 bits per heavy atom. The van der Waals surface area contributed by atoms with Crippen molar-refractivity contribution in [1.82, 2.24) is 19.6 Å². The fourth-order valence-corrected chi connectivity index (χ4v) is 5.72. The van der Waals surface area contributed by atoms with E-state index in [4.69, 9.17) is 4.74 Å². The second-order valence-corrected chi connectivity index (χ2v) is 10.1. The minimum absolute atomic E-state index is 0.0187. The van der Waals surface area contributed by atoms with Crippen LogP contribution in [0, 0.1) is 0 Å². The normalized spacial score (nSPS) is 23.5. The summed E-state index contributed by atoms with van der Waals surface area (Å²) >= 11 is 0. The quantitative estimate of drug-likeness (QED) is 0.679. The van der Waals surface area contributed by atoms with Gasteiger partial charge in [-0.2, -0.15) is 0 Å². The Bertz CT molecular complexity index is 1060. The molecule has 0 radical (unpaired) electrons. The molecule has 186 valence electrons. The molecule has 0 aromatic heterocycles. The van der Waals surface area contributed by atoms with Crippen LogP contribution in [0.4, 0.5) is 0 Å². The molecule has 0 spiro atoms. The van der Waals surface area contributed by atoms with Gasteiger partial charge in [-0.3, -0.25) is 14.5 Å². The van der Waals surface area contributed by atoms with Crippen molar-refractivity contribution < 1.29 is 14.3 Å². The van der Waals surface area contributed by atoms with Gasteiger partial charge in [0.25, 0.3) is 0 Å². The van der Waals surface area contributed by atoms with Crippen molar-refractivity contribution in [2.24, 2.45) is 0 Å².